The van der Waals surface area contributed by atoms with Gasteiger partial charge in [-0.3, -0.25) is 14.9 Å². The highest BCUT2D eigenvalue weighted by atomic mass is 16.5. The maximum atomic E-state index is 12.4. The minimum absolute atomic E-state index is 0.0112. The van der Waals surface area contributed by atoms with Crippen LogP contribution in [0.15, 0.2) is 78.9 Å². The molecule has 7 nitrogen and oxygen atoms in total. The van der Waals surface area contributed by atoms with E-state index in [2.05, 4.69) is 34.9 Å². The molecule has 0 spiro atoms. The van der Waals surface area contributed by atoms with Crippen LogP contribution in [0.3, 0.4) is 0 Å². The van der Waals surface area contributed by atoms with Crippen LogP contribution in [-0.4, -0.2) is 36.2 Å². The van der Waals surface area contributed by atoms with E-state index in [1.807, 2.05) is 24.3 Å². The Morgan fingerprint density at radius 2 is 1.48 bits per heavy atom. The number of carbonyl (C=O) groups is 3. The van der Waals surface area contributed by atoms with E-state index >= 15 is 0 Å². The van der Waals surface area contributed by atoms with Crippen molar-refractivity contribution in [2.75, 3.05) is 18.5 Å². The van der Waals surface area contributed by atoms with Crippen molar-refractivity contribution < 1.29 is 24.2 Å². The van der Waals surface area contributed by atoms with Gasteiger partial charge in [0.25, 0.3) is 0 Å². The first-order valence-corrected chi connectivity index (χ1v) is 10.4. The van der Waals surface area contributed by atoms with E-state index in [1.54, 1.807) is 30.3 Å². The molecule has 0 saturated heterocycles. The summed E-state index contributed by atoms with van der Waals surface area (Å²) in [6, 6.07) is 23.1. The third-order valence-corrected chi connectivity index (χ3v) is 5.34. The van der Waals surface area contributed by atoms with E-state index in [1.165, 1.54) is 17.2 Å². The Labute approximate surface area is 190 Å². The zero-order valence-electron chi connectivity index (χ0n) is 17.7. The normalized spacial score (nSPS) is 12.1. The molecule has 1 aliphatic rings. The minimum Gasteiger partial charge on any atom is -0.480 e. The van der Waals surface area contributed by atoms with E-state index in [9.17, 15) is 14.4 Å². The Morgan fingerprint density at radius 1 is 0.879 bits per heavy atom. The van der Waals surface area contributed by atoms with Crippen LogP contribution >= 0.6 is 0 Å². The number of hydrogen-bond acceptors (Lipinski definition) is 4. The largest absolute Gasteiger partial charge is 0.480 e. The number of carbonyl (C=O) groups excluding carboxylic acids is 2. The SMILES string of the molecule is O=C(O)CNC(=O)/C=C/c1ccc(NC(=O)OCC2c3ccccc3-c3ccccc32)cc1. The van der Waals surface area contributed by atoms with Gasteiger partial charge < -0.3 is 15.2 Å². The first kappa shape index (κ1) is 21.8. The predicted octanol–water partition coefficient (Wildman–Crippen LogP) is 4.26. The molecule has 2 amide bonds. The van der Waals surface area contributed by atoms with Crippen LogP contribution in [0.1, 0.15) is 22.6 Å². The average molecular weight is 442 g/mol. The summed E-state index contributed by atoms with van der Waals surface area (Å²) >= 11 is 0. The number of ether oxygens (including phenoxy) is 1. The summed E-state index contributed by atoms with van der Waals surface area (Å²) < 4.78 is 5.53. The fourth-order valence-corrected chi connectivity index (χ4v) is 3.82. The van der Waals surface area contributed by atoms with Crippen molar-refractivity contribution in [2.45, 2.75) is 5.92 Å². The molecule has 0 aliphatic heterocycles. The molecule has 33 heavy (non-hydrogen) atoms. The zero-order chi connectivity index (χ0) is 23.2. The van der Waals surface area contributed by atoms with Gasteiger partial charge in [0.05, 0.1) is 0 Å². The monoisotopic (exact) mass is 442 g/mol. The number of fused-ring (bicyclic) bond motifs is 3. The van der Waals surface area contributed by atoms with Crippen LogP contribution in [0, 0.1) is 0 Å². The van der Waals surface area contributed by atoms with E-state index in [-0.39, 0.29) is 12.5 Å². The fraction of sp³-hybridized carbons (Fsp3) is 0.115. The topological polar surface area (TPSA) is 105 Å². The molecule has 3 aromatic carbocycles. The van der Waals surface area contributed by atoms with Gasteiger partial charge in [-0.2, -0.15) is 0 Å². The molecule has 0 radical (unpaired) electrons. The Bertz CT molecular complexity index is 1170. The summed E-state index contributed by atoms with van der Waals surface area (Å²) in [7, 11) is 0. The van der Waals surface area contributed by atoms with Gasteiger partial charge in [0, 0.05) is 17.7 Å². The van der Waals surface area contributed by atoms with Crippen LogP contribution < -0.4 is 10.6 Å². The van der Waals surface area contributed by atoms with Crippen molar-refractivity contribution in [3.05, 3.63) is 95.6 Å². The highest BCUT2D eigenvalue weighted by Crippen LogP contribution is 2.44. The highest BCUT2D eigenvalue weighted by Gasteiger charge is 2.28. The van der Waals surface area contributed by atoms with E-state index in [0.29, 0.717) is 5.69 Å². The van der Waals surface area contributed by atoms with Crippen molar-refractivity contribution in [1.82, 2.24) is 5.32 Å². The number of aliphatic carboxylic acids is 1. The minimum atomic E-state index is -1.11. The van der Waals surface area contributed by atoms with Crippen LogP contribution in [-0.2, 0) is 14.3 Å². The summed E-state index contributed by atoms with van der Waals surface area (Å²) in [6.45, 7) is -0.210. The smallest absolute Gasteiger partial charge is 0.411 e. The second-order valence-electron chi connectivity index (χ2n) is 7.52. The average Bonchev–Trinajstić information content (AvgIpc) is 3.15. The molecule has 0 bridgehead atoms. The summed E-state index contributed by atoms with van der Waals surface area (Å²) in [6.07, 6.45) is 2.25. The third kappa shape index (κ3) is 5.27. The summed E-state index contributed by atoms with van der Waals surface area (Å²) in [5, 5.41) is 13.5. The van der Waals surface area contributed by atoms with Crippen molar-refractivity contribution in [1.29, 1.82) is 0 Å². The first-order chi connectivity index (χ1) is 16.0. The molecule has 0 heterocycles. The lowest BCUT2D eigenvalue weighted by atomic mass is 9.98. The Hall–Kier alpha value is -4.39. The molecule has 4 rings (SSSR count). The molecule has 0 fully saturated rings. The lowest BCUT2D eigenvalue weighted by Crippen LogP contribution is -2.27. The zero-order valence-corrected chi connectivity index (χ0v) is 17.7. The maximum Gasteiger partial charge on any atom is 0.411 e. The third-order valence-electron chi connectivity index (χ3n) is 5.34. The second kappa shape index (κ2) is 9.82. The van der Waals surface area contributed by atoms with Gasteiger partial charge in [0.15, 0.2) is 0 Å². The van der Waals surface area contributed by atoms with Crippen molar-refractivity contribution in [2.24, 2.45) is 0 Å². The molecule has 3 aromatic rings. The van der Waals surface area contributed by atoms with Gasteiger partial charge in [0.1, 0.15) is 13.2 Å². The van der Waals surface area contributed by atoms with Crippen LogP contribution in [0.5, 0.6) is 0 Å². The second-order valence-corrected chi connectivity index (χ2v) is 7.52. The first-order valence-electron chi connectivity index (χ1n) is 10.4. The number of carboxylic acid groups (broad SMARTS) is 1. The summed E-state index contributed by atoms with van der Waals surface area (Å²) in [4.78, 5) is 34.4. The quantitative estimate of drug-likeness (QED) is 0.474. The summed E-state index contributed by atoms with van der Waals surface area (Å²) in [5.41, 5.74) is 5.91. The molecule has 166 valence electrons. The van der Waals surface area contributed by atoms with Crippen LogP contribution in [0.2, 0.25) is 0 Å². The molecule has 0 atom stereocenters. The van der Waals surface area contributed by atoms with Gasteiger partial charge in [0.2, 0.25) is 5.91 Å². The fourth-order valence-electron chi connectivity index (χ4n) is 3.82. The molecule has 3 N–H and O–H groups in total. The molecule has 0 saturated carbocycles. The van der Waals surface area contributed by atoms with E-state index in [0.717, 1.165) is 16.7 Å². The standard InChI is InChI=1S/C26H22N2O5/c29-24(27-15-25(30)31)14-11-17-9-12-18(13-10-17)28-26(32)33-16-23-21-7-3-1-5-19(21)20-6-2-4-8-22(20)23/h1-14,23H,15-16H2,(H,27,29)(H,28,32)(H,30,31)/b14-11+. The van der Waals surface area contributed by atoms with Gasteiger partial charge in [-0.15, -0.1) is 0 Å². The number of rotatable bonds is 7. The number of nitrogens with one attached hydrogen (secondary N) is 2. The molecular formula is C26H22N2O5. The number of benzene rings is 3. The van der Waals surface area contributed by atoms with E-state index in [4.69, 9.17) is 9.84 Å². The Morgan fingerprint density at radius 3 is 2.09 bits per heavy atom. The van der Waals surface area contributed by atoms with Crippen LogP contribution in [0.4, 0.5) is 10.5 Å². The van der Waals surface area contributed by atoms with Crippen molar-refractivity contribution in [3.63, 3.8) is 0 Å². The number of carboxylic acids is 1. The van der Waals surface area contributed by atoms with Crippen LogP contribution in [0.25, 0.3) is 17.2 Å². The molecule has 7 heteroatoms. The van der Waals surface area contributed by atoms with Gasteiger partial charge in [-0.1, -0.05) is 60.7 Å². The van der Waals surface area contributed by atoms with Gasteiger partial charge >= 0.3 is 12.1 Å². The predicted molar refractivity (Wildman–Crippen MR) is 125 cm³/mol. The molecule has 1 aliphatic carbocycles. The molecular weight excluding hydrogens is 420 g/mol. The van der Waals surface area contributed by atoms with Gasteiger partial charge in [-0.25, -0.2) is 4.79 Å². The van der Waals surface area contributed by atoms with E-state index < -0.39 is 24.5 Å². The van der Waals surface area contributed by atoms with Crippen molar-refractivity contribution >= 4 is 29.7 Å². The Balaban J connectivity index is 1.33. The maximum absolute atomic E-state index is 12.4. The number of amides is 2. The number of hydrogen-bond donors (Lipinski definition) is 3. The van der Waals surface area contributed by atoms with Gasteiger partial charge in [-0.05, 0) is 46.0 Å². The molecule has 0 aromatic heterocycles. The molecule has 0 unspecified atom stereocenters. The lowest BCUT2D eigenvalue weighted by molar-refractivity contribution is -0.137. The Kier molecular flexibility index (Phi) is 6.50. The number of anilines is 1. The van der Waals surface area contributed by atoms with Crippen molar-refractivity contribution in [3.8, 4) is 11.1 Å². The summed E-state index contributed by atoms with van der Waals surface area (Å²) in [5.74, 6) is -1.62. The highest BCUT2D eigenvalue weighted by molar-refractivity contribution is 5.93. The lowest BCUT2D eigenvalue weighted by Gasteiger charge is -2.14.